The maximum atomic E-state index is 13.9. The molecule has 0 bridgehead atoms. The van der Waals surface area contributed by atoms with Crippen molar-refractivity contribution in [1.82, 2.24) is 4.57 Å². The van der Waals surface area contributed by atoms with Crippen molar-refractivity contribution in [3.8, 4) is 11.5 Å². The summed E-state index contributed by atoms with van der Waals surface area (Å²) >= 11 is 7.64. The van der Waals surface area contributed by atoms with Gasteiger partial charge in [-0.15, -0.1) is 0 Å². The highest BCUT2D eigenvalue weighted by molar-refractivity contribution is 7.07. The van der Waals surface area contributed by atoms with Gasteiger partial charge in [-0.3, -0.25) is 9.36 Å². The number of nitrogens with zero attached hydrogens (tertiary/aromatic N) is 2. The molecule has 196 valence electrons. The summed E-state index contributed by atoms with van der Waals surface area (Å²) in [5.41, 5.74) is 1.99. The summed E-state index contributed by atoms with van der Waals surface area (Å²) in [7, 11) is 0. The number of fused-ring (bicyclic) bond motifs is 2. The number of aromatic nitrogens is 1. The minimum absolute atomic E-state index is 0.0911. The van der Waals surface area contributed by atoms with Crippen LogP contribution in [0.15, 0.2) is 82.1 Å². The fraction of sp³-hybridized carbons (Fsp3) is 0.138. The van der Waals surface area contributed by atoms with E-state index in [4.69, 9.17) is 30.8 Å². The zero-order valence-electron chi connectivity index (χ0n) is 20.5. The molecule has 3 heterocycles. The quantitative estimate of drug-likeness (QED) is 0.336. The molecule has 2 aliphatic rings. The number of benzene rings is 3. The Morgan fingerprint density at radius 1 is 1.15 bits per heavy atom. The van der Waals surface area contributed by atoms with Crippen LogP contribution in [0.4, 0.5) is 4.39 Å². The van der Waals surface area contributed by atoms with Crippen LogP contribution in [0.25, 0.3) is 11.8 Å². The number of ether oxygens (including phenoxy) is 3. The van der Waals surface area contributed by atoms with Gasteiger partial charge < -0.3 is 14.2 Å². The van der Waals surface area contributed by atoms with Gasteiger partial charge in [0.25, 0.3) is 5.56 Å². The highest BCUT2D eigenvalue weighted by Crippen LogP contribution is 2.37. The van der Waals surface area contributed by atoms with Crippen LogP contribution in [0.2, 0.25) is 5.02 Å². The van der Waals surface area contributed by atoms with Gasteiger partial charge in [0.1, 0.15) is 5.82 Å². The lowest BCUT2D eigenvalue weighted by molar-refractivity contribution is -0.138. The first-order valence-corrected chi connectivity index (χ1v) is 13.3. The second-order valence-corrected chi connectivity index (χ2v) is 10.1. The van der Waals surface area contributed by atoms with Gasteiger partial charge in [0, 0.05) is 11.6 Å². The fourth-order valence-corrected chi connectivity index (χ4v) is 5.79. The van der Waals surface area contributed by atoms with Crippen molar-refractivity contribution in [2.45, 2.75) is 13.0 Å². The molecule has 7 nitrogen and oxygen atoms in total. The lowest BCUT2D eigenvalue weighted by Crippen LogP contribution is -2.40. The monoisotopic (exact) mass is 562 g/mol. The number of esters is 1. The van der Waals surface area contributed by atoms with Crippen molar-refractivity contribution < 1.29 is 23.4 Å². The number of carbonyl (C=O) groups is 1. The zero-order chi connectivity index (χ0) is 27.1. The molecule has 0 unspecified atom stereocenters. The Bertz CT molecular complexity index is 1810. The van der Waals surface area contributed by atoms with Gasteiger partial charge in [0.05, 0.1) is 33.5 Å². The molecule has 0 amide bonds. The summed E-state index contributed by atoms with van der Waals surface area (Å²) < 4.78 is 32.0. The highest BCUT2D eigenvalue weighted by atomic mass is 35.5. The van der Waals surface area contributed by atoms with E-state index in [0.717, 1.165) is 11.3 Å². The molecule has 1 aromatic heterocycles. The first-order chi connectivity index (χ1) is 18.9. The second kappa shape index (κ2) is 10.2. The zero-order valence-corrected chi connectivity index (χ0v) is 22.1. The van der Waals surface area contributed by atoms with Gasteiger partial charge in [-0.05, 0) is 42.3 Å². The third kappa shape index (κ3) is 4.53. The van der Waals surface area contributed by atoms with Crippen LogP contribution in [0.1, 0.15) is 29.7 Å². The number of carbonyl (C=O) groups excluding carboxylic acids is 1. The predicted molar refractivity (Wildman–Crippen MR) is 145 cm³/mol. The normalized spacial score (nSPS) is 16.2. The van der Waals surface area contributed by atoms with E-state index < -0.39 is 17.8 Å². The van der Waals surface area contributed by atoms with Crippen LogP contribution in [-0.4, -0.2) is 23.9 Å². The number of rotatable bonds is 5. The average Bonchev–Trinajstić information content (AvgIpc) is 3.52. The fourth-order valence-electron chi connectivity index (χ4n) is 4.59. The third-order valence-corrected chi connectivity index (χ3v) is 7.65. The van der Waals surface area contributed by atoms with Crippen LogP contribution in [0.5, 0.6) is 11.5 Å². The molecule has 0 saturated carbocycles. The van der Waals surface area contributed by atoms with Crippen LogP contribution in [-0.2, 0) is 9.53 Å². The van der Waals surface area contributed by atoms with Crippen LogP contribution >= 0.6 is 22.9 Å². The van der Waals surface area contributed by atoms with Crippen molar-refractivity contribution in [1.29, 1.82) is 0 Å². The van der Waals surface area contributed by atoms with Gasteiger partial charge in [-0.2, -0.15) is 0 Å². The first-order valence-electron chi connectivity index (χ1n) is 12.1. The Balaban J connectivity index is 1.63. The molecule has 4 aromatic rings. The minimum atomic E-state index is -0.898. The number of hydrogen-bond donors (Lipinski definition) is 0. The molecule has 0 fully saturated rings. The second-order valence-electron chi connectivity index (χ2n) is 8.71. The van der Waals surface area contributed by atoms with Crippen molar-refractivity contribution in [3.05, 3.63) is 120 Å². The Kier molecular flexibility index (Phi) is 6.54. The van der Waals surface area contributed by atoms with E-state index in [1.807, 2.05) is 30.3 Å². The summed E-state index contributed by atoms with van der Waals surface area (Å²) in [5, 5.41) is 0.386. The van der Waals surface area contributed by atoms with Gasteiger partial charge in [0.15, 0.2) is 16.3 Å². The van der Waals surface area contributed by atoms with E-state index in [0.29, 0.717) is 48.2 Å². The summed E-state index contributed by atoms with van der Waals surface area (Å²) in [5.74, 6) is 0.0103. The van der Waals surface area contributed by atoms with Crippen LogP contribution < -0.4 is 24.4 Å². The van der Waals surface area contributed by atoms with Crippen molar-refractivity contribution in [2.75, 3.05) is 13.4 Å². The van der Waals surface area contributed by atoms with E-state index in [1.165, 1.54) is 16.7 Å². The topological polar surface area (TPSA) is 79.1 Å². The number of thiazole rings is 1. The Morgan fingerprint density at radius 3 is 2.59 bits per heavy atom. The van der Waals surface area contributed by atoms with Gasteiger partial charge >= 0.3 is 5.97 Å². The van der Waals surface area contributed by atoms with Crippen molar-refractivity contribution in [3.63, 3.8) is 0 Å². The maximum absolute atomic E-state index is 13.9. The average molecular weight is 563 g/mol. The SMILES string of the molecule is CCOC(=O)C1=C(c2ccccc2)N=c2sc(=Cc3cc4c(cc3Cl)OCO4)c(=O)n2[C@H]1c1ccc(F)cc1. The standard InChI is InChI=1S/C29H20ClFN2O5S/c1-2-36-28(35)24-25(16-6-4-3-5-7-16)32-29-33(26(24)17-8-10-19(31)11-9-17)27(34)23(39-29)13-18-12-21-22(14-20(18)30)38-15-37-21/h3-14,26H,2,15H2,1H3/t26-/m0/s1. The molecule has 2 aliphatic heterocycles. The molecule has 0 saturated heterocycles. The number of hydrogen-bond acceptors (Lipinski definition) is 7. The van der Waals surface area contributed by atoms with E-state index in [1.54, 1.807) is 37.3 Å². The smallest absolute Gasteiger partial charge is 0.338 e. The maximum Gasteiger partial charge on any atom is 0.338 e. The largest absolute Gasteiger partial charge is 0.463 e. The summed E-state index contributed by atoms with van der Waals surface area (Å²) in [4.78, 5) is 32.5. The predicted octanol–water partition coefficient (Wildman–Crippen LogP) is 4.46. The molecule has 0 radical (unpaired) electrons. The van der Waals surface area contributed by atoms with Crippen LogP contribution in [0.3, 0.4) is 0 Å². The lowest BCUT2D eigenvalue weighted by atomic mass is 9.93. The molecule has 10 heteroatoms. The molecule has 39 heavy (non-hydrogen) atoms. The van der Waals surface area contributed by atoms with Crippen molar-refractivity contribution in [2.24, 2.45) is 4.99 Å². The summed E-state index contributed by atoms with van der Waals surface area (Å²) in [6.07, 6.45) is 1.66. The van der Waals surface area contributed by atoms with E-state index in [2.05, 4.69) is 0 Å². The molecule has 1 atom stereocenters. The highest BCUT2D eigenvalue weighted by Gasteiger charge is 2.35. The summed E-state index contributed by atoms with van der Waals surface area (Å²) in [6.45, 7) is 1.93. The third-order valence-electron chi connectivity index (χ3n) is 6.34. The Labute approximate surface area is 230 Å². The lowest BCUT2D eigenvalue weighted by Gasteiger charge is -2.25. The van der Waals surface area contributed by atoms with E-state index >= 15 is 0 Å². The molecule has 0 spiro atoms. The van der Waals surface area contributed by atoms with E-state index in [-0.39, 0.29) is 24.5 Å². The molecule has 0 N–H and O–H groups in total. The van der Waals surface area contributed by atoms with Gasteiger partial charge in [-0.1, -0.05) is 65.4 Å². The van der Waals surface area contributed by atoms with E-state index in [9.17, 15) is 14.0 Å². The first kappa shape index (κ1) is 25.1. The van der Waals surface area contributed by atoms with Gasteiger partial charge in [0.2, 0.25) is 6.79 Å². The van der Waals surface area contributed by atoms with Crippen LogP contribution in [0, 0.1) is 5.82 Å². The number of halogens is 2. The molecular weight excluding hydrogens is 543 g/mol. The molecule has 3 aromatic carbocycles. The Hall–Kier alpha value is -4.21. The molecule has 6 rings (SSSR count). The molecule has 0 aliphatic carbocycles. The molecular formula is C29H20ClFN2O5S. The summed E-state index contributed by atoms with van der Waals surface area (Å²) in [6, 6.07) is 17.3. The van der Waals surface area contributed by atoms with Crippen molar-refractivity contribution >= 4 is 40.7 Å². The Morgan fingerprint density at radius 2 is 1.87 bits per heavy atom. The minimum Gasteiger partial charge on any atom is -0.463 e. The van der Waals surface area contributed by atoms with Gasteiger partial charge in [-0.25, -0.2) is 14.2 Å².